The zero-order valence-corrected chi connectivity index (χ0v) is 10.2. The van der Waals surface area contributed by atoms with E-state index in [1.165, 1.54) is 30.3 Å². The molecule has 2 rings (SSSR count). The molecule has 0 saturated heterocycles. The predicted octanol–water partition coefficient (Wildman–Crippen LogP) is 2.64. The smallest absolute Gasteiger partial charge is 0.375 e. The Labute approximate surface area is 114 Å². The van der Waals surface area contributed by atoms with E-state index in [0.717, 1.165) is 0 Å². The van der Waals surface area contributed by atoms with Crippen molar-refractivity contribution in [1.29, 1.82) is 0 Å². The molecule has 0 unspecified atom stereocenters. The predicted molar refractivity (Wildman–Crippen MR) is 69.9 cm³/mol. The van der Waals surface area contributed by atoms with Crippen LogP contribution in [-0.4, -0.2) is 17.5 Å². The summed E-state index contributed by atoms with van der Waals surface area (Å²) in [6, 6.07) is 8.86. The molecule has 0 amide bonds. The molecule has 0 aliphatic heterocycles. The molecule has 20 heavy (non-hydrogen) atoms. The molecule has 0 aliphatic carbocycles. The third-order valence-corrected chi connectivity index (χ3v) is 2.44. The fourth-order valence-electron chi connectivity index (χ4n) is 1.55. The Morgan fingerprint density at radius 2 is 2.20 bits per heavy atom. The molecule has 100 valence electrons. The summed E-state index contributed by atoms with van der Waals surface area (Å²) in [5.41, 5.74) is 0.436. The summed E-state index contributed by atoms with van der Waals surface area (Å²) in [4.78, 5) is 21.7. The monoisotopic (exact) mass is 271 g/mol. The molecule has 0 fully saturated rings. The maximum Gasteiger partial charge on any atom is 0.375 e. The fourth-order valence-corrected chi connectivity index (χ4v) is 1.55. The second-order valence-corrected chi connectivity index (χ2v) is 3.75. The summed E-state index contributed by atoms with van der Waals surface area (Å²) in [6.45, 7) is -0.147. The van der Waals surface area contributed by atoms with Crippen LogP contribution in [0.1, 0.15) is 10.6 Å². The van der Waals surface area contributed by atoms with Crippen molar-refractivity contribution in [3.8, 4) is 23.7 Å². The van der Waals surface area contributed by atoms with E-state index < -0.39 is 10.9 Å². The van der Waals surface area contributed by atoms with Crippen molar-refractivity contribution in [1.82, 2.24) is 0 Å². The first kappa shape index (κ1) is 13.4. The van der Waals surface area contributed by atoms with Gasteiger partial charge in [0.1, 0.15) is 5.76 Å². The number of benzene rings is 1. The van der Waals surface area contributed by atoms with E-state index in [9.17, 15) is 14.9 Å². The van der Waals surface area contributed by atoms with E-state index in [-0.39, 0.29) is 18.1 Å². The van der Waals surface area contributed by atoms with Crippen molar-refractivity contribution >= 4 is 11.7 Å². The molecular weight excluding hydrogens is 262 g/mol. The number of rotatable bonds is 4. The number of furan rings is 1. The van der Waals surface area contributed by atoms with Crippen LogP contribution in [0.3, 0.4) is 0 Å². The Morgan fingerprint density at radius 3 is 2.90 bits per heavy atom. The Kier molecular flexibility index (Phi) is 3.82. The van der Waals surface area contributed by atoms with E-state index in [4.69, 9.17) is 15.6 Å². The minimum atomic E-state index is -0.681. The first-order valence-electron chi connectivity index (χ1n) is 5.57. The van der Waals surface area contributed by atoms with Crippen LogP contribution in [0, 0.1) is 22.5 Å². The summed E-state index contributed by atoms with van der Waals surface area (Å²) >= 11 is 0. The van der Waals surface area contributed by atoms with Gasteiger partial charge in [0.2, 0.25) is 5.76 Å². The number of carbonyl (C=O) groups is 1. The largest absolute Gasteiger partial charge is 0.449 e. The molecule has 0 N–H and O–H groups in total. The standard InChI is InChI=1S/C14H9NO5/c1-2-8-19-14(16)13-7-6-12(20-13)10-4-3-5-11(9-10)15(17)18/h1,3-7,9H,8H2. The molecule has 0 bridgehead atoms. The van der Waals surface area contributed by atoms with Crippen molar-refractivity contribution < 1.29 is 18.9 Å². The summed E-state index contributed by atoms with van der Waals surface area (Å²) in [5, 5.41) is 10.7. The Hall–Kier alpha value is -3.07. The summed E-state index contributed by atoms with van der Waals surface area (Å²) in [6.07, 6.45) is 4.97. The van der Waals surface area contributed by atoms with Gasteiger partial charge in [0.15, 0.2) is 6.61 Å². The average molecular weight is 271 g/mol. The van der Waals surface area contributed by atoms with Gasteiger partial charge in [-0.05, 0) is 12.1 Å². The van der Waals surface area contributed by atoms with Gasteiger partial charge in [0.25, 0.3) is 5.69 Å². The topological polar surface area (TPSA) is 82.6 Å². The number of nitrogens with zero attached hydrogens (tertiary/aromatic N) is 1. The third-order valence-electron chi connectivity index (χ3n) is 2.44. The molecule has 6 nitrogen and oxygen atoms in total. The van der Waals surface area contributed by atoms with Gasteiger partial charge in [-0.2, -0.15) is 0 Å². The number of hydrogen-bond donors (Lipinski definition) is 0. The van der Waals surface area contributed by atoms with Crippen molar-refractivity contribution in [3.63, 3.8) is 0 Å². The third kappa shape index (κ3) is 2.84. The van der Waals surface area contributed by atoms with Crippen LogP contribution in [-0.2, 0) is 4.74 Å². The molecule has 0 radical (unpaired) electrons. The molecule has 6 heteroatoms. The van der Waals surface area contributed by atoms with E-state index in [1.54, 1.807) is 6.07 Å². The van der Waals surface area contributed by atoms with Gasteiger partial charge in [-0.15, -0.1) is 6.42 Å². The normalized spacial score (nSPS) is 9.75. The highest BCUT2D eigenvalue weighted by molar-refractivity contribution is 5.87. The highest BCUT2D eigenvalue weighted by Gasteiger charge is 2.14. The van der Waals surface area contributed by atoms with Gasteiger partial charge < -0.3 is 9.15 Å². The van der Waals surface area contributed by atoms with Crippen molar-refractivity contribution in [2.45, 2.75) is 0 Å². The van der Waals surface area contributed by atoms with E-state index >= 15 is 0 Å². The maximum atomic E-state index is 11.5. The van der Waals surface area contributed by atoms with Gasteiger partial charge in [-0.25, -0.2) is 4.79 Å². The molecular formula is C14H9NO5. The number of non-ortho nitro benzene ring substituents is 1. The lowest BCUT2D eigenvalue weighted by Crippen LogP contribution is -2.03. The number of nitro benzene ring substituents is 1. The number of carbonyl (C=O) groups excluding carboxylic acids is 1. The lowest BCUT2D eigenvalue weighted by molar-refractivity contribution is -0.384. The van der Waals surface area contributed by atoms with Gasteiger partial charge in [-0.3, -0.25) is 10.1 Å². The summed E-state index contributed by atoms with van der Waals surface area (Å²) in [7, 11) is 0. The average Bonchev–Trinajstić information content (AvgIpc) is 2.94. The maximum absolute atomic E-state index is 11.5. The minimum absolute atomic E-state index is 0.0123. The van der Waals surface area contributed by atoms with Crippen LogP contribution in [0.15, 0.2) is 40.8 Å². The van der Waals surface area contributed by atoms with Crippen LogP contribution in [0.25, 0.3) is 11.3 Å². The Bertz CT molecular complexity index is 696. The number of nitro groups is 1. The Morgan fingerprint density at radius 1 is 1.40 bits per heavy atom. The number of hydrogen-bond acceptors (Lipinski definition) is 5. The molecule has 0 aliphatic rings. The molecule has 2 aromatic rings. The number of ether oxygens (including phenoxy) is 1. The van der Waals surface area contributed by atoms with E-state index in [1.807, 2.05) is 0 Å². The number of terminal acetylenes is 1. The SMILES string of the molecule is C#CCOC(=O)c1ccc(-c2cccc([N+](=O)[O-])c2)o1. The van der Waals surface area contributed by atoms with Crippen LogP contribution < -0.4 is 0 Å². The van der Waals surface area contributed by atoms with Crippen molar-refractivity contribution in [2.24, 2.45) is 0 Å². The number of esters is 1. The fraction of sp³-hybridized carbons (Fsp3) is 0.0714. The first-order chi connectivity index (χ1) is 9.61. The van der Waals surface area contributed by atoms with Crippen LogP contribution in [0.4, 0.5) is 5.69 Å². The molecule has 1 aromatic heterocycles. The van der Waals surface area contributed by atoms with Crippen molar-refractivity contribution in [2.75, 3.05) is 6.61 Å². The quantitative estimate of drug-likeness (QED) is 0.369. The molecule has 1 heterocycles. The summed E-state index contributed by atoms with van der Waals surface area (Å²) < 4.78 is 10.0. The summed E-state index contributed by atoms with van der Waals surface area (Å²) in [5.74, 6) is 1.81. The highest BCUT2D eigenvalue weighted by atomic mass is 16.6. The highest BCUT2D eigenvalue weighted by Crippen LogP contribution is 2.25. The Balaban J connectivity index is 2.25. The van der Waals surface area contributed by atoms with Gasteiger partial charge in [-0.1, -0.05) is 18.1 Å². The second-order valence-electron chi connectivity index (χ2n) is 3.75. The zero-order chi connectivity index (χ0) is 14.5. The van der Waals surface area contributed by atoms with Crippen LogP contribution in [0.2, 0.25) is 0 Å². The van der Waals surface area contributed by atoms with Gasteiger partial charge in [0.05, 0.1) is 4.92 Å². The van der Waals surface area contributed by atoms with Crippen LogP contribution in [0.5, 0.6) is 0 Å². The lowest BCUT2D eigenvalue weighted by Gasteiger charge is -1.98. The lowest BCUT2D eigenvalue weighted by atomic mass is 10.1. The van der Waals surface area contributed by atoms with Gasteiger partial charge >= 0.3 is 5.97 Å². The molecule has 0 atom stereocenters. The van der Waals surface area contributed by atoms with E-state index in [0.29, 0.717) is 11.3 Å². The molecule has 0 spiro atoms. The minimum Gasteiger partial charge on any atom is -0.449 e. The molecule has 0 saturated carbocycles. The van der Waals surface area contributed by atoms with E-state index in [2.05, 4.69) is 5.92 Å². The van der Waals surface area contributed by atoms with Gasteiger partial charge in [0, 0.05) is 17.7 Å². The zero-order valence-electron chi connectivity index (χ0n) is 10.2. The molecule has 1 aromatic carbocycles. The van der Waals surface area contributed by atoms with Crippen molar-refractivity contribution in [3.05, 3.63) is 52.3 Å². The first-order valence-corrected chi connectivity index (χ1v) is 5.57. The van der Waals surface area contributed by atoms with Crippen LogP contribution >= 0.6 is 0 Å². The second kappa shape index (κ2) is 5.71.